The van der Waals surface area contributed by atoms with Crippen molar-refractivity contribution in [3.8, 4) is 5.75 Å². The number of piperidine rings is 1. The van der Waals surface area contributed by atoms with Crippen LogP contribution in [-0.4, -0.2) is 71.8 Å². The molecule has 0 bridgehead atoms. The molecule has 8 nitrogen and oxygen atoms in total. The highest BCUT2D eigenvalue weighted by Crippen LogP contribution is 2.31. The number of nitrogens with zero attached hydrogens (tertiary/aromatic N) is 2. The van der Waals surface area contributed by atoms with E-state index in [9.17, 15) is 9.59 Å². The number of rotatable bonds is 5. The predicted molar refractivity (Wildman–Crippen MR) is 114 cm³/mol. The standard InChI is InChI=1S/C22H28N4O4/c27-21(28)15-30-18-7-5-16(6-8-18)24-22(29)26-14-13-25(17-9-11-23-12-10-17)19-3-1-2-4-20(19)26/h1-2,4-8,17,19,23H,3,9-15H2,(H,24,29)(H,27,28). The summed E-state index contributed by atoms with van der Waals surface area (Å²) in [5.41, 5.74) is 1.70. The van der Waals surface area contributed by atoms with E-state index in [-0.39, 0.29) is 12.1 Å². The minimum atomic E-state index is -1.03. The van der Waals surface area contributed by atoms with Crippen molar-refractivity contribution in [2.24, 2.45) is 0 Å². The van der Waals surface area contributed by atoms with Crippen LogP contribution in [0.3, 0.4) is 0 Å². The average Bonchev–Trinajstić information content (AvgIpc) is 2.78. The molecule has 2 aliphatic heterocycles. The molecule has 3 N–H and O–H groups in total. The zero-order valence-corrected chi connectivity index (χ0v) is 16.9. The summed E-state index contributed by atoms with van der Waals surface area (Å²) >= 11 is 0. The molecule has 1 unspecified atom stereocenters. The number of anilines is 1. The first-order valence-corrected chi connectivity index (χ1v) is 10.5. The van der Waals surface area contributed by atoms with Gasteiger partial charge in [0.1, 0.15) is 5.75 Å². The van der Waals surface area contributed by atoms with Gasteiger partial charge in [0, 0.05) is 30.5 Å². The van der Waals surface area contributed by atoms with E-state index in [4.69, 9.17) is 9.84 Å². The average molecular weight is 412 g/mol. The number of piperazine rings is 1. The summed E-state index contributed by atoms with van der Waals surface area (Å²) in [6, 6.07) is 7.39. The number of urea groups is 1. The molecule has 4 rings (SSSR count). The van der Waals surface area contributed by atoms with Gasteiger partial charge >= 0.3 is 12.0 Å². The molecule has 0 saturated carbocycles. The molecule has 8 heteroatoms. The Hall–Kier alpha value is -2.84. The molecule has 1 aromatic carbocycles. The number of carbonyl (C=O) groups is 2. The van der Waals surface area contributed by atoms with Gasteiger partial charge in [0.05, 0.1) is 6.04 Å². The number of nitrogens with one attached hydrogen (secondary N) is 2. The minimum absolute atomic E-state index is 0.147. The predicted octanol–water partition coefficient (Wildman–Crippen LogP) is 2.26. The lowest BCUT2D eigenvalue weighted by Crippen LogP contribution is -2.58. The van der Waals surface area contributed by atoms with Gasteiger partial charge in [0.15, 0.2) is 6.61 Å². The molecular weight excluding hydrogens is 384 g/mol. The second-order valence-electron chi connectivity index (χ2n) is 7.78. The lowest BCUT2D eigenvalue weighted by Gasteiger charge is -2.48. The van der Waals surface area contributed by atoms with Crippen LogP contribution in [0.2, 0.25) is 0 Å². The summed E-state index contributed by atoms with van der Waals surface area (Å²) in [5.74, 6) is -0.577. The Balaban J connectivity index is 1.41. The van der Waals surface area contributed by atoms with Crippen molar-refractivity contribution >= 4 is 17.7 Å². The van der Waals surface area contributed by atoms with Gasteiger partial charge in [-0.3, -0.25) is 9.80 Å². The fraction of sp³-hybridized carbons (Fsp3) is 0.455. The van der Waals surface area contributed by atoms with E-state index >= 15 is 0 Å². The van der Waals surface area contributed by atoms with Gasteiger partial charge < -0.3 is 20.5 Å². The number of carboxylic acid groups (broad SMARTS) is 1. The van der Waals surface area contributed by atoms with Gasteiger partial charge in [0.2, 0.25) is 0 Å². The molecule has 0 aromatic heterocycles. The van der Waals surface area contributed by atoms with Crippen LogP contribution in [0.4, 0.5) is 10.5 Å². The first-order chi connectivity index (χ1) is 14.6. The van der Waals surface area contributed by atoms with E-state index in [1.807, 2.05) is 11.0 Å². The van der Waals surface area contributed by atoms with Crippen LogP contribution >= 0.6 is 0 Å². The first-order valence-electron chi connectivity index (χ1n) is 10.5. The van der Waals surface area contributed by atoms with Crippen molar-refractivity contribution in [1.29, 1.82) is 0 Å². The number of hydrogen-bond acceptors (Lipinski definition) is 5. The fourth-order valence-corrected chi connectivity index (χ4v) is 4.45. The minimum Gasteiger partial charge on any atom is -0.482 e. The topological polar surface area (TPSA) is 94.1 Å². The Morgan fingerprint density at radius 1 is 1.17 bits per heavy atom. The highest BCUT2D eigenvalue weighted by atomic mass is 16.5. The summed E-state index contributed by atoms with van der Waals surface area (Å²) in [6.07, 6.45) is 9.50. The molecule has 1 aliphatic carbocycles. The third-order valence-electron chi connectivity index (χ3n) is 5.89. The largest absolute Gasteiger partial charge is 0.482 e. The Bertz CT molecular complexity index is 830. The first kappa shape index (κ1) is 20.4. The SMILES string of the molecule is O=C(O)COc1ccc(NC(=O)N2CCN(C3CCNCC3)C3CC=CC=C32)cc1. The molecule has 0 spiro atoms. The molecule has 30 heavy (non-hydrogen) atoms. The Kier molecular flexibility index (Phi) is 6.35. The molecule has 3 aliphatic rings. The van der Waals surface area contributed by atoms with E-state index in [2.05, 4.69) is 27.7 Å². The smallest absolute Gasteiger partial charge is 0.341 e. The summed E-state index contributed by atoms with van der Waals surface area (Å²) in [7, 11) is 0. The van der Waals surface area contributed by atoms with Crippen molar-refractivity contribution in [3.63, 3.8) is 0 Å². The molecule has 1 aromatic rings. The number of allylic oxidation sites excluding steroid dienone is 2. The van der Waals surface area contributed by atoms with Gasteiger partial charge in [-0.15, -0.1) is 0 Å². The second-order valence-corrected chi connectivity index (χ2v) is 7.78. The van der Waals surface area contributed by atoms with Crippen LogP contribution in [0.15, 0.2) is 48.2 Å². The molecule has 2 saturated heterocycles. The van der Waals surface area contributed by atoms with Gasteiger partial charge in [-0.2, -0.15) is 0 Å². The quantitative estimate of drug-likeness (QED) is 0.687. The zero-order valence-electron chi connectivity index (χ0n) is 16.9. The van der Waals surface area contributed by atoms with Crippen LogP contribution in [0.1, 0.15) is 19.3 Å². The molecular formula is C22H28N4O4. The third-order valence-corrected chi connectivity index (χ3v) is 5.89. The van der Waals surface area contributed by atoms with E-state index in [1.165, 1.54) is 0 Å². The second kappa shape index (κ2) is 9.32. The van der Waals surface area contributed by atoms with Gasteiger partial charge in [-0.1, -0.05) is 12.2 Å². The van der Waals surface area contributed by atoms with Crippen molar-refractivity contribution in [2.75, 3.05) is 38.1 Å². The van der Waals surface area contributed by atoms with Crippen LogP contribution in [0.5, 0.6) is 5.75 Å². The summed E-state index contributed by atoms with van der Waals surface area (Å²) in [4.78, 5) is 28.0. The molecule has 0 radical (unpaired) electrons. The number of ether oxygens (including phenoxy) is 1. The lowest BCUT2D eigenvalue weighted by atomic mass is 9.94. The van der Waals surface area contributed by atoms with E-state index in [0.717, 1.165) is 44.6 Å². The highest BCUT2D eigenvalue weighted by Gasteiger charge is 2.37. The van der Waals surface area contributed by atoms with Crippen LogP contribution in [0.25, 0.3) is 0 Å². The number of amides is 2. The number of fused-ring (bicyclic) bond motifs is 1. The molecule has 2 amide bonds. The van der Waals surface area contributed by atoms with Crippen molar-refractivity contribution in [3.05, 3.63) is 48.2 Å². The maximum Gasteiger partial charge on any atom is 0.341 e. The van der Waals surface area contributed by atoms with E-state index in [1.54, 1.807) is 24.3 Å². The monoisotopic (exact) mass is 412 g/mol. The van der Waals surface area contributed by atoms with Gasteiger partial charge in [-0.25, -0.2) is 9.59 Å². The Labute approximate surface area is 176 Å². The van der Waals surface area contributed by atoms with Crippen molar-refractivity contribution < 1.29 is 19.4 Å². The summed E-state index contributed by atoms with van der Waals surface area (Å²) < 4.78 is 5.13. The molecule has 2 heterocycles. The summed E-state index contributed by atoms with van der Waals surface area (Å²) in [5, 5.41) is 15.1. The highest BCUT2D eigenvalue weighted by molar-refractivity contribution is 5.91. The number of aliphatic carboxylic acids is 1. The van der Waals surface area contributed by atoms with E-state index in [0.29, 0.717) is 24.0 Å². The lowest BCUT2D eigenvalue weighted by molar-refractivity contribution is -0.139. The van der Waals surface area contributed by atoms with E-state index < -0.39 is 12.6 Å². The maximum absolute atomic E-state index is 13.0. The molecule has 160 valence electrons. The Morgan fingerprint density at radius 2 is 1.93 bits per heavy atom. The van der Waals surface area contributed by atoms with Crippen LogP contribution < -0.4 is 15.4 Å². The third kappa shape index (κ3) is 4.66. The van der Waals surface area contributed by atoms with Crippen molar-refractivity contribution in [1.82, 2.24) is 15.1 Å². The normalized spacial score (nSPS) is 22.2. The van der Waals surface area contributed by atoms with Crippen molar-refractivity contribution in [2.45, 2.75) is 31.3 Å². The summed E-state index contributed by atoms with van der Waals surface area (Å²) in [6.45, 7) is 3.25. The zero-order chi connectivity index (χ0) is 20.9. The molecule has 1 atom stereocenters. The fourth-order valence-electron chi connectivity index (χ4n) is 4.45. The van der Waals surface area contributed by atoms with Gasteiger partial charge in [0.25, 0.3) is 0 Å². The molecule has 2 fully saturated rings. The number of carbonyl (C=O) groups excluding carboxylic acids is 1. The Morgan fingerprint density at radius 3 is 2.67 bits per heavy atom. The van der Waals surface area contributed by atoms with Crippen LogP contribution in [-0.2, 0) is 4.79 Å². The number of hydrogen-bond donors (Lipinski definition) is 3. The van der Waals surface area contributed by atoms with Gasteiger partial charge in [-0.05, 0) is 62.7 Å². The number of carboxylic acids is 1. The number of benzene rings is 1. The maximum atomic E-state index is 13.0. The van der Waals surface area contributed by atoms with Crippen LogP contribution in [0, 0.1) is 0 Å².